The first-order valence-corrected chi connectivity index (χ1v) is 5.12. The predicted octanol–water partition coefficient (Wildman–Crippen LogP) is 2.55. The van der Waals surface area contributed by atoms with Gasteiger partial charge >= 0.3 is 0 Å². The van der Waals surface area contributed by atoms with E-state index >= 15 is 0 Å². The summed E-state index contributed by atoms with van der Waals surface area (Å²) in [4.78, 5) is 0. The Hall–Kier alpha value is -2.30. The molecule has 0 radical (unpaired) electrons. The van der Waals surface area contributed by atoms with E-state index in [9.17, 15) is 4.39 Å². The number of nitrogens with two attached hydrogens (primary N) is 1. The second kappa shape index (κ2) is 3.35. The number of rotatable bonds is 1. The number of halogens is 1. The van der Waals surface area contributed by atoms with Crippen LogP contribution in [0.5, 0.6) is 0 Å². The summed E-state index contributed by atoms with van der Waals surface area (Å²) < 4.78 is 20.9. The Morgan fingerprint density at radius 3 is 2.82 bits per heavy atom. The number of benzene rings is 1. The van der Waals surface area contributed by atoms with Crippen LogP contribution in [0.1, 0.15) is 0 Å². The number of aromatic nitrogens is 2. The number of aryl methyl sites for hydroxylation is 1. The van der Waals surface area contributed by atoms with Gasteiger partial charge in [-0.3, -0.25) is 4.68 Å². The number of anilines is 1. The molecule has 2 N–H and O–H groups in total. The SMILES string of the molecule is Cn1ncc(-c2ccc3occc3c2F)c1N. The normalized spacial score (nSPS) is 11.2. The van der Waals surface area contributed by atoms with Crippen LogP contribution in [0.2, 0.25) is 0 Å². The van der Waals surface area contributed by atoms with Gasteiger partial charge in [-0.2, -0.15) is 5.10 Å². The Morgan fingerprint density at radius 1 is 1.29 bits per heavy atom. The zero-order valence-electron chi connectivity index (χ0n) is 9.14. The predicted molar refractivity (Wildman–Crippen MR) is 62.8 cm³/mol. The van der Waals surface area contributed by atoms with E-state index in [2.05, 4.69) is 5.10 Å². The average Bonchev–Trinajstić information content (AvgIpc) is 2.90. The average molecular weight is 231 g/mol. The van der Waals surface area contributed by atoms with E-state index in [1.54, 1.807) is 31.4 Å². The molecule has 2 heterocycles. The molecule has 5 heteroatoms. The van der Waals surface area contributed by atoms with Crippen molar-refractivity contribution in [1.29, 1.82) is 0 Å². The summed E-state index contributed by atoms with van der Waals surface area (Å²) in [5.74, 6) is 0.0997. The van der Waals surface area contributed by atoms with Gasteiger partial charge in [-0.25, -0.2) is 4.39 Å². The van der Waals surface area contributed by atoms with Gasteiger partial charge in [0.15, 0.2) is 0 Å². The first kappa shape index (κ1) is 9.89. The molecule has 0 amide bonds. The Kier molecular flexibility index (Phi) is 1.95. The van der Waals surface area contributed by atoms with Gasteiger partial charge in [0.05, 0.1) is 17.8 Å². The maximum Gasteiger partial charge on any atom is 0.142 e. The van der Waals surface area contributed by atoms with Gasteiger partial charge in [0, 0.05) is 18.2 Å². The third kappa shape index (κ3) is 1.32. The summed E-state index contributed by atoms with van der Waals surface area (Å²) in [6, 6.07) is 4.97. The second-order valence-corrected chi connectivity index (χ2v) is 3.83. The van der Waals surface area contributed by atoms with Crippen molar-refractivity contribution in [1.82, 2.24) is 9.78 Å². The van der Waals surface area contributed by atoms with Crippen molar-refractivity contribution in [2.75, 3.05) is 5.73 Å². The van der Waals surface area contributed by atoms with Gasteiger partial charge in [0.1, 0.15) is 17.2 Å². The molecular weight excluding hydrogens is 221 g/mol. The molecule has 0 aliphatic rings. The van der Waals surface area contributed by atoms with E-state index in [0.29, 0.717) is 27.9 Å². The first-order chi connectivity index (χ1) is 8.18. The maximum atomic E-state index is 14.2. The molecule has 0 saturated heterocycles. The minimum absolute atomic E-state index is 0.337. The van der Waals surface area contributed by atoms with E-state index in [4.69, 9.17) is 10.2 Å². The molecule has 0 unspecified atom stereocenters. The van der Waals surface area contributed by atoms with Crippen LogP contribution in [0.4, 0.5) is 10.2 Å². The van der Waals surface area contributed by atoms with E-state index in [-0.39, 0.29) is 5.82 Å². The molecular formula is C12H10FN3O. The molecule has 0 saturated carbocycles. The van der Waals surface area contributed by atoms with Crippen LogP contribution in [0.15, 0.2) is 35.1 Å². The number of hydrogen-bond acceptors (Lipinski definition) is 3. The summed E-state index contributed by atoms with van der Waals surface area (Å²) in [5.41, 5.74) is 7.38. The fourth-order valence-electron chi connectivity index (χ4n) is 1.87. The van der Waals surface area contributed by atoms with E-state index in [1.807, 2.05) is 0 Å². The number of furan rings is 1. The van der Waals surface area contributed by atoms with Crippen molar-refractivity contribution in [2.24, 2.45) is 7.05 Å². The van der Waals surface area contributed by atoms with Crippen LogP contribution in [0, 0.1) is 5.82 Å². The minimum atomic E-state index is -0.337. The van der Waals surface area contributed by atoms with Gasteiger partial charge in [-0.1, -0.05) is 0 Å². The Labute approximate surface area is 96.4 Å². The van der Waals surface area contributed by atoms with Crippen LogP contribution < -0.4 is 5.73 Å². The van der Waals surface area contributed by atoms with Crippen molar-refractivity contribution >= 4 is 16.8 Å². The minimum Gasteiger partial charge on any atom is -0.464 e. The first-order valence-electron chi connectivity index (χ1n) is 5.12. The highest BCUT2D eigenvalue weighted by Crippen LogP contribution is 2.32. The molecule has 3 rings (SSSR count). The van der Waals surface area contributed by atoms with Gasteiger partial charge < -0.3 is 10.2 Å². The van der Waals surface area contributed by atoms with Gasteiger partial charge in [-0.05, 0) is 18.2 Å². The molecule has 0 bridgehead atoms. The molecule has 3 aromatic rings. The molecule has 0 atom stereocenters. The lowest BCUT2D eigenvalue weighted by molar-refractivity contribution is 0.611. The zero-order chi connectivity index (χ0) is 12.0. The summed E-state index contributed by atoms with van der Waals surface area (Å²) in [6.45, 7) is 0. The summed E-state index contributed by atoms with van der Waals surface area (Å²) >= 11 is 0. The van der Waals surface area contributed by atoms with Crippen LogP contribution in [0.25, 0.3) is 22.1 Å². The standard InChI is InChI=1S/C12H10FN3O/c1-16-12(14)9(6-15-16)7-2-3-10-8(11(7)13)4-5-17-10/h2-6H,14H2,1H3. The van der Waals surface area contributed by atoms with Gasteiger partial charge in [0.2, 0.25) is 0 Å². The quantitative estimate of drug-likeness (QED) is 0.700. The van der Waals surface area contributed by atoms with Crippen molar-refractivity contribution in [3.63, 3.8) is 0 Å². The molecule has 2 aromatic heterocycles. The topological polar surface area (TPSA) is 57.0 Å². The van der Waals surface area contributed by atoms with Crippen LogP contribution >= 0.6 is 0 Å². The molecule has 17 heavy (non-hydrogen) atoms. The Balaban J connectivity index is 2.30. The number of fused-ring (bicyclic) bond motifs is 1. The highest BCUT2D eigenvalue weighted by molar-refractivity contribution is 5.86. The molecule has 1 aromatic carbocycles. The number of hydrogen-bond donors (Lipinski definition) is 1. The smallest absolute Gasteiger partial charge is 0.142 e. The van der Waals surface area contributed by atoms with Crippen molar-refractivity contribution < 1.29 is 8.81 Å². The number of nitrogens with zero attached hydrogens (tertiary/aromatic N) is 2. The van der Waals surface area contributed by atoms with Crippen LogP contribution in [-0.4, -0.2) is 9.78 Å². The van der Waals surface area contributed by atoms with E-state index in [0.717, 1.165) is 0 Å². The molecule has 0 fully saturated rings. The molecule has 0 aliphatic carbocycles. The fraction of sp³-hybridized carbons (Fsp3) is 0.0833. The lowest BCUT2D eigenvalue weighted by Crippen LogP contribution is -1.98. The van der Waals surface area contributed by atoms with Crippen LogP contribution in [0.3, 0.4) is 0 Å². The van der Waals surface area contributed by atoms with Gasteiger partial charge in [0.25, 0.3) is 0 Å². The van der Waals surface area contributed by atoms with Crippen LogP contribution in [-0.2, 0) is 7.05 Å². The van der Waals surface area contributed by atoms with Crippen molar-refractivity contribution in [2.45, 2.75) is 0 Å². The van der Waals surface area contributed by atoms with E-state index in [1.165, 1.54) is 10.9 Å². The summed E-state index contributed by atoms with van der Waals surface area (Å²) in [5, 5.41) is 4.45. The lowest BCUT2D eigenvalue weighted by Gasteiger charge is -2.03. The number of nitrogen functional groups attached to an aromatic ring is 1. The van der Waals surface area contributed by atoms with Gasteiger partial charge in [-0.15, -0.1) is 0 Å². The van der Waals surface area contributed by atoms with Crippen molar-refractivity contribution in [3.8, 4) is 11.1 Å². The van der Waals surface area contributed by atoms with E-state index < -0.39 is 0 Å². The second-order valence-electron chi connectivity index (χ2n) is 3.83. The molecule has 86 valence electrons. The largest absolute Gasteiger partial charge is 0.464 e. The third-order valence-corrected chi connectivity index (χ3v) is 2.84. The Bertz CT molecular complexity index is 699. The zero-order valence-corrected chi connectivity index (χ0v) is 9.14. The molecule has 4 nitrogen and oxygen atoms in total. The third-order valence-electron chi connectivity index (χ3n) is 2.84. The maximum absolute atomic E-state index is 14.2. The highest BCUT2D eigenvalue weighted by atomic mass is 19.1. The highest BCUT2D eigenvalue weighted by Gasteiger charge is 2.15. The Morgan fingerprint density at radius 2 is 2.12 bits per heavy atom. The lowest BCUT2D eigenvalue weighted by atomic mass is 10.1. The fourth-order valence-corrected chi connectivity index (χ4v) is 1.87. The summed E-state index contributed by atoms with van der Waals surface area (Å²) in [6.07, 6.45) is 3.02. The summed E-state index contributed by atoms with van der Waals surface area (Å²) in [7, 11) is 1.72. The molecule has 0 aliphatic heterocycles. The monoisotopic (exact) mass is 231 g/mol. The molecule has 0 spiro atoms. The van der Waals surface area contributed by atoms with Crippen molar-refractivity contribution in [3.05, 3.63) is 36.5 Å².